The van der Waals surface area contributed by atoms with E-state index in [1.165, 1.54) is 32.2 Å². The van der Waals surface area contributed by atoms with Crippen LogP contribution in [0, 0.1) is 5.82 Å². The van der Waals surface area contributed by atoms with Crippen molar-refractivity contribution in [3.8, 4) is 17.0 Å². The Labute approximate surface area is 179 Å². The number of benzene rings is 2. The molecule has 8 heteroatoms. The number of nitrogens with one attached hydrogen (secondary N) is 1. The van der Waals surface area contributed by atoms with Gasteiger partial charge in [0, 0.05) is 44.7 Å². The molecule has 2 heterocycles. The Balaban J connectivity index is 1.53. The number of nitrogens with zero attached hydrogens (tertiary/aromatic N) is 3. The fourth-order valence-electron chi connectivity index (χ4n) is 3.80. The van der Waals surface area contributed by atoms with Crippen molar-refractivity contribution in [2.75, 3.05) is 25.5 Å². The normalized spacial score (nSPS) is 13.3. The topological polar surface area (TPSA) is 76.5 Å². The SMILES string of the molecule is COc1cc(F)ccc1C(=O)N1CCc2ncc(-c3ccc(NC(C)=O)cc3)n2CC1. The number of ether oxygens (including phenoxy) is 1. The molecule has 4 rings (SSSR count). The fourth-order valence-corrected chi connectivity index (χ4v) is 3.80. The number of halogens is 1. The molecule has 1 aliphatic rings. The van der Waals surface area contributed by atoms with E-state index >= 15 is 0 Å². The molecule has 1 aromatic heterocycles. The van der Waals surface area contributed by atoms with Gasteiger partial charge in [0.1, 0.15) is 17.4 Å². The number of methoxy groups -OCH3 is 1. The van der Waals surface area contributed by atoms with Crippen LogP contribution in [0.4, 0.5) is 10.1 Å². The van der Waals surface area contributed by atoms with Crippen LogP contribution < -0.4 is 10.1 Å². The van der Waals surface area contributed by atoms with E-state index < -0.39 is 5.82 Å². The number of carbonyl (C=O) groups excluding carboxylic acids is 2. The monoisotopic (exact) mass is 422 g/mol. The zero-order chi connectivity index (χ0) is 22.0. The molecule has 31 heavy (non-hydrogen) atoms. The van der Waals surface area contributed by atoms with Crippen molar-refractivity contribution >= 4 is 17.5 Å². The lowest BCUT2D eigenvalue weighted by Gasteiger charge is -2.21. The number of aromatic nitrogens is 2. The van der Waals surface area contributed by atoms with Crippen molar-refractivity contribution in [3.63, 3.8) is 0 Å². The number of hydrogen-bond donors (Lipinski definition) is 1. The van der Waals surface area contributed by atoms with Gasteiger partial charge >= 0.3 is 0 Å². The summed E-state index contributed by atoms with van der Waals surface area (Å²) in [7, 11) is 1.42. The van der Waals surface area contributed by atoms with Gasteiger partial charge in [-0.2, -0.15) is 0 Å². The summed E-state index contributed by atoms with van der Waals surface area (Å²) in [5, 5.41) is 2.76. The van der Waals surface area contributed by atoms with Gasteiger partial charge in [0.05, 0.1) is 24.6 Å². The minimum absolute atomic E-state index is 0.117. The summed E-state index contributed by atoms with van der Waals surface area (Å²) in [6.45, 7) is 3.07. The number of amides is 2. The molecule has 0 unspecified atom stereocenters. The maximum atomic E-state index is 13.5. The smallest absolute Gasteiger partial charge is 0.257 e. The van der Waals surface area contributed by atoms with Crippen LogP contribution in [-0.2, 0) is 17.8 Å². The maximum absolute atomic E-state index is 13.5. The molecule has 0 bridgehead atoms. The van der Waals surface area contributed by atoms with Crippen LogP contribution in [0.5, 0.6) is 5.75 Å². The predicted molar refractivity (Wildman–Crippen MR) is 115 cm³/mol. The van der Waals surface area contributed by atoms with Gasteiger partial charge in [-0.1, -0.05) is 12.1 Å². The van der Waals surface area contributed by atoms with Crippen LogP contribution in [0.2, 0.25) is 0 Å². The van der Waals surface area contributed by atoms with Crippen molar-refractivity contribution in [2.45, 2.75) is 19.9 Å². The third-order valence-corrected chi connectivity index (χ3v) is 5.32. The molecule has 0 saturated heterocycles. The van der Waals surface area contributed by atoms with Crippen molar-refractivity contribution in [3.05, 3.63) is 65.9 Å². The quantitative estimate of drug-likeness (QED) is 0.700. The van der Waals surface area contributed by atoms with Crippen LogP contribution in [0.25, 0.3) is 11.3 Å². The summed E-state index contributed by atoms with van der Waals surface area (Å²) in [5.74, 6) is 0.380. The highest BCUT2D eigenvalue weighted by atomic mass is 19.1. The molecule has 3 aromatic rings. The average Bonchev–Trinajstić information content (AvgIpc) is 3.04. The first-order valence-corrected chi connectivity index (χ1v) is 10.0. The summed E-state index contributed by atoms with van der Waals surface area (Å²) in [6, 6.07) is 11.5. The minimum atomic E-state index is -0.446. The van der Waals surface area contributed by atoms with Gasteiger partial charge in [-0.15, -0.1) is 0 Å². The van der Waals surface area contributed by atoms with Gasteiger partial charge in [-0.3, -0.25) is 9.59 Å². The fraction of sp³-hybridized carbons (Fsp3) is 0.261. The lowest BCUT2D eigenvalue weighted by molar-refractivity contribution is -0.114. The first-order chi connectivity index (χ1) is 15.0. The molecule has 2 aromatic carbocycles. The summed E-state index contributed by atoms with van der Waals surface area (Å²) < 4.78 is 20.8. The lowest BCUT2D eigenvalue weighted by Crippen LogP contribution is -2.34. The molecule has 0 saturated carbocycles. The van der Waals surface area contributed by atoms with Crippen molar-refractivity contribution in [2.24, 2.45) is 0 Å². The van der Waals surface area contributed by atoms with E-state index in [0.717, 1.165) is 22.8 Å². The highest BCUT2D eigenvalue weighted by Crippen LogP contribution is 2.26. The molecule has 0 aliphatic carbocycles. The predicted octanol–water partition coefficient (Wildman–Crippen LogP) is 3.35. The Bertz CT molecular complexity index is 1120. The van der Waals surface area contributed by atoms with Crippen LogP contribution in [0.1, 0.15) is 23.1 Å². The average molecular weight is 422 g/mol. The highest BCUT2D eigenvalue weighted by Gasteiger charge is 2.24. The van der Waals surface area contributed by atoms with Gasteiger partial charge in [0.25, 0.3) is 5.91 Å². The summed E-state index contributed by atoms with van der Waals surface area (Å²) >= 11 is 0. The van der Waals surface area contributed by atoms with Gasteiger partial charge < -0.3 is 19.5 Å². The van der Waals surface area contributed by atoms with Gasteiger partial charge in [-0.25, -0.2) is 9.37 Å². The van der Waals surface area contributed by atoms with Crippen LogP contribution in [-0.4, -0.2) is 46.5 Å². The molecule has 7 nitrogen and oxygen atoms in total. The zero-order valence-electron chi connectivity index (χ0n) is 17.4. The first kappa shape index (κ1) is 20.6. The second kappa shape index (κ2) is 8.59. The maximum Gasteiger partial charge on any atom is 0.257 e. The third-order valence-electron chi connectivity index (χ3n) is 5.32. The third kappa shape index (κ3) is 4.28. The van der Waals surface area contributed by atoms with Crippen molar-refractivity contribution in [1.82, 2.24) is 14.5 Å². The second-order valence-electron chi connectivity index (χ2n) is 7.36. The van der Waals surface area contributed by atoms with E-state index in [4.69, 9.17) is 4.74 Å². The lowest BCUT2D eigenvalue weighted by atomic mass is 10.1. The van der Waals surface area contributed by atoms with Gasteiger partial charge in [0.15, 0.2) is 0 Å². The van der Waals surface area contributed by atoms with E-state index in [-0.39, 0.29) is 17.6 Å². The van der Waals surface area contributed by atoms with E-state index in [2.05, 4.69) is 14.9 Å². The zero-order valence-corrected chi connectivity index (χ0v) is 17.4. The molecule has 1 aliphatic heterocycles. The van der Waals surface area contributed by atoms with E-state index in [0.29, 0.717) is 31.6 Å². The Morgan fingerprint density at radius 1 is 1.10 bits per heavy atom. The molecule has 160 valence electrons. The number of hydrogen-bond acceptors (Lipinski definition) is 4. The molecule has 0 spiro atoms. The molecular formula is C23H23FN4O3. The van der Waals surface area contributed by atoms with E-state index in [1.54, 1.807) is 4.90 Å². The highest BCUT2D eigenvalue weighted by molar-refractivity contribution is 5.97. The summed E-state index contributed by atoms with van der Waals surface area (Å²) in [5.41, 5.74) is 3.01. The number of fused-ring (bicyclic) bond motifs is 1. The number of rotatable bonds is 4. The molecule has 0 radical (unpaired) electrons. The number of carbonyl (C=O) groups is 2. The summed E-state index contributed by atoms with van der Waals surface area (Å²) in [4.78, 5) is 30.6. The molecule has 0 fully saturated rings. The Morgan fingerprint density at radius 2 is 1.87 bits per heavy atom. The molecule has 0 atom stereocenters. The number of anilines is 1. The Morgan fingerprint density at radius 3 is 2.58 bits per heavy atom. The van der Waals surface area contributed by atoms with Gasteiger partial charge in [0.2, 0.25) is 5.91 Å². The number of imidazole rings is 1. The molecule has 2 amide bonds. The van der Waals surface area contributed by atoms with Crippen LogP contribution in [0.3, 0.4) is 0 Å². The molecule has 1 N–H and O–H groups in total. The Hall–Kier alpha value is -3.68. The van der Waals surface area contributed by atoms with Crippen LogP contribution >= 0.6 is 0 Å². The second-order valence-corrected chi connectivity index (χ2v) is 7.36. The van der Waals surface area contributed by atoms with E-state index in [1.807, 2.05) is 30.5 Å². The summed E-state index contributed by atoms with van der Waals surface area (Å²) in [6.07, 6.45) is 2.45. The van der Waals surface area contributed by atoms with Crippen LogP contribution in [0.15, 0.2) is 48.7 Å². The largest absolute Gasteiger partial charge is 0.496 e. The van der Waals surface area contributed by atoms with Crippen molar-refractivity contribution < 1.29 is 18.7 Å². The van der Waals surface area contributed by atoms with Crippen molar-refractivity contribution in [1.29, 1.82) is 0 Å². The van der Waals surface area contributed by atoms with Gasteiger partial charge in [-0.05, 0) is 29.8 Å². The first-order valence-electron chi connectivity index (χ1n) is 10.0. The Kier molecular flexibility index (Phi) is 5.70. The molecular weight excluding hydrogens is 399 g/mol. The van der Waals surface area contributed by atoms with E-state index in [9.17, 15) is 14.0 Å². The standard InChI is InChI=1S/C23H23FN4O3/c1-15(29)26-18-6-3-16(4-7-18)20-14-25-22-9-10-27(11-12-28(20)22)23(30)19-8-5-17(24)13-21(19)31-2/h3-8,13-14H,9-12H2,1-2H3,(H,26,29). The minimum Gasteiger partial charge on any atom is -0.496 e.